The minimum Gasteiger partial charge on any atom is -0.481 e. The van der Waals surface area contributed by atoms with Crippen LogP contribution in [0.3, 0.4) is 0 Å². The summed E-state index contributed by atoms with van der Waals surface area (Å²) in [5.41, 5.74) is -0.677. The normalized spacial score (nSPS) is 16.6. The van der Waals surface area contributed by atoms with Gasteiger partial charge in [-0.25, -0.2) is 4.79 Å². The molecule has 0 aromatic heterocycles. The summed E-state index contributed by atoms with van der Waals surface area (Å²) in [5.74, 6) is -1.30. The average molecular weight is 285 g/mol. The number of likely N-dealkylation sites (tertiary alicyclic amines) is 1. The molecule has 1 aliphatic rings. The number of piperidine rings is 1. The Morgan fingerprint density at radius 2 is 1.80 bits per heavy atom. The van der Waals surface area contributed by atoms with Crippen molar-refractivity contribution in [2.45, 2.75) is 26.7 Å². The van der Waals surface area contributed by atoms with Gasteiger partial charge in [-0.05, 0) is 26.7 Å². The summed E-state index contributed by atoms with van der Waals surface area (Å²) in [6.45, 7) is 4.61. The molecule has 0 aromatic rings. The van der Waals surface area contributed by atoms with Crippen LogP contribution in [-0.4, -0.2) is 54.6 Å². The third-order valence-corrected chi connectivity index (χ3v) is 3.65. The van der Waals surface area contributed by atoms with Crippen molar-refractivity contribution >= 4 is 17.9 Å². The molecule has 7 nitrogen and oxygen atoms in total. The summed E-state index contributed by atoms with van der Waals surface area (Å²) >= 11 is 0. The summed E-state index contributed by atoms with van der Waals surface area (Å²) in [5, 5.41) is 14.2. The average Bonchev–Trinajstić information content (AvgIpc) is 2.43. The fourth-order valence-electron chi connectivity index (χ4n) is 2.16. The molecule has 1 rings (SSSR count). The maximum atomic E-state index is 12.0. The van der Waals surface area contributed by atoms with Crippen molar-refractivity contribution in [3.63, 3.8) is 0 Å². The van der Waals surface area contributed by atoms with Crippen LogP contribution in [0.4, 0.5) is 4.79 Å². The fourth-order valence-corrected chi connectivity index (χ4v) is 2.16. The summed E-state index contributed by atoms with van der Waals surface area (Å²) in [6, 6.07) is -0.245. The number of amides is 3. The molecule has 0 unspecified atom stereocenters. The lowest BCUT2D eigenvalue weighted by Gasteiger charge is -2.31. The first-order chi connectivity index (χ1) is 9.27. The van der Waals surface area contributed by atoms with Crippen LogP contribution in [0.5, 0.6) is 0 Å². The van der Waals surface area contributed by atoms with Crippen molar-refractivity contribution < 1.29 is 19.5 Å². The summed E-state index contributed by atoms with van der Waals surface area (Å²) in [6.07, 6.45) is 0.948. The smallest absolute Gasteiger partial charge is 0.317 e. The molecule has 0 bridgehead atoms. The van der Waals surface area contributed by atoms with Crippen molar-refractivity contribution in [2.24, 2.45) is 11.3 Å². The van der Waals surface area contributed by atoms with Gasteiger partial charge in [-0.2, -0.15) is 0 Å². The molecule has 0 aromatic carbocycles. The first-order valence-electron chi connectivity index (χ1n) is 6.75. The fraction of sp³-hybridized carbons (Fsp3) is 0.769. The number of carbonyl (C=O) groups excluding carboxylic acids is 2. The second-order valence-corrected chi connectivity index (χ2v) is 5.72. The van der Waals surface area contributed by atoms with Crippen LogP contribution in [0.15, 0.2) is 0 Å². The van der Waals surface area contributed by atoms with Crippen LogP contribution in [0.2, 0.25) is 0 Å². The molecule has 1 fully saturated rings. The van der Waals surface area contributed by atoms with Gasteiger partial charge in [-0.3, -0.25) is 9.59 Å². The number of urea groups is 1. The molecule has 1 saturated heterocycles. The lowest BCUT2D eigenvalue weighted by atomic mass is 9.92. The van der Waals surface area contributed by atoms with Crippen molar-refractivity contribution in [3.05, 3.63) is 0 Å². The van der Waals surface area contributed by atoms with Gasteiger partial charge in [0.2, 0.25) is 5.91 Å². The maximum Gasteiger partial charge on any atom is 0.317 e. The number of nitrogens with zero attached hydrogens (tertiary/aromatic N) is 1. The molecule has 3 amide bonds. The number of hydrogen-bond donors (Lipinski definition) is 3. The highest BCUT2D eigenvalue weighted by atomic mass is 16.4. The SMILES string of the molecule is CNC(=O)C(C)(C)CNC(=O)N1CCC(C(=O)O)CC1. The third-order valence-electron chi connectivity index (χ3n) is 3.65. The predicted octanol–water partition coefficient (Wildman–Crippen LogP) is 0.265. The van der Waals surface area contributed by atoms with E-state index in [1.807, 2.05) is 0 Å². The second kappa shape index (κ2) is 6.58. The lowest BCUT2D eigenvalue weighted by molar-refractivity contribution is -0.143. The molecule has 1 heterocycles. The highest BCUT2D eigenvalue weighted by molar-refractivity contribution is 5.83. The predicted molar refractivity (Wildman–Crippen MR) is 73.2 cm³/mol. The van der Waals surface area contributed by atoms with Gasteiger partial charge in [-0.15, -0.1) is 0 Å². The Morgan fingerprint density at radius 3 is 2.25 bits per heavy atom. The van der Waals surface area contributed by atoms with Crippen molar-refractivity contribution in [2.75, 3.05) is 26.7 Å². The standard InChI is InChI=1S/C13H23N3O4/c1-13(2,11(19)14-3)8-15-12(20)16-6-4-9(5-7-16)10(17)18/h9H,4-8H2,1-3H3,(H,14,19)(H,15,20)(H,17,18). The van der Waals surface area contributed by atoms with Crippen molar-refractivity contribution in [3.8, 4) is 0 Å². The number of aliphatic carboxylic acids is 1. The van der Waals surface area contributed by atoms with Crippen LogP contribution >= 0.6 is 0 Å². The van der Waals surface area contributed by atoms with Gasteiger partial charge in [0, 0.05) is 26.7 Å². The molecule has 20 heavy (non-hydrogen) atoms. The summed E-state index contributed by atoms with van der Waals surface area (Å²) in [7, 11) is 1.56. The number of rotatable bonds is 4. The minimum absolute atomic E-state index is 0.137. The van der Waals surface area contributed by atoms with Crippen LogP contribution in [0.1, 0.15) is 26.7 Å². The van der Waals surface area contributed by atoms with Gasteiger partial charge in [0.15, 0.2) is 0 Å². The largest absolute Gasteiger partial charge is 0.481 e. The molecule has 7 heteroatoms. The van der Waals surface area contributed by atoms with Gasteiger partial charge < -0.3 is 20.6 Å². The zero-order valence-electron chi connectivity index (χ0n) is 12.2. The van der Waals surface area contributed by atoms with E-state index in [0.29, 0.717) is 25.9 Å². The number of carboxylic acid groups (broad SMARTS) is 1. The van der Waals surface area contributed by atoms with Gasteiger partial charge in [0.1, 0.15) is 0 Å². The van der Waals surface area contributed by atoms with E-state index in [-0.39, 0.29) is 24.4 Å². The molecule has 0 spiro atoms. The van der Waals surface area contributed by atoms with E-state index in [2.05, 4.69) is 10.6 Å². The Labute approximate surface area is 118 Å². The first-order valence-corrected chi connectivity index (χ1v) is 6.75. The van der Waals surface area contributed by atoms with E-state index in [4.69, 9.17) is 5.11 Å². The van der Waals surface area contributed by atoms with Crippen LogP contribution < -0.4 is 10.6 Å². The Bertz CT molecular complexity index is 387. The molecular formula is C13H23N3O4. The number of hydrogen-bond acceptors (Lipinski definition) is 3. The van der Waals surface area contributed by atoms with Gasteiger partial charge in [0.05, 0.1) is 11.3 Å². The topological polar surface area (TPSA) is 98.7 Å². The zero-order chi connectivity index (χ0) is 15.3. The van der Waals surface area contributed by atoms with Gasteiger partial charge in [-0.1, -0.05) is 0 Å². The minimum atomic E-state index is -0.800. The monoisotopic (exact) mass is 285 g/mol. The molecule has 0 saturated carbocycles. The van der Waals surface area contributed by atoms with E-state index in [0.717, 1.165) is 0 Å². The van der Waals surface area contributed by atoms with Crippen LogP contribution in [-0.2, 0) is 9.59 Å². The van der Waals surface area contributed by atoms with Crippen LogP contribution in [0, 0.1) is 11.3 Å². The number of carbonyl (C=O) groups is 3. The van der Waals surface area contributed by atoms with Crippen LogP contribution in [0.25, 0.3) is 0 Å². The quantitative estimate of drug-likeness (QED) is 0.690. The number of carboxylic acids is 1. The molecule has 114 valence electrons. The summed E-state index contributed by atoms with van der Waals surface area (Å²) < 4.78 is 0. The Hall–Kier alpha value is -1.79. The second-order valence-electron chi connectivity index (χ2n) is 5.72. The van der Waals surface area contributed by atoms with E-state index in [1.165, 1.54) is 0 Å². The van der Waals surface area contributed by atoms with Crippen molar-refractivity contribution in [1.82, 2.24) is 15.5 Å². The van der Waals surface area contributed by atoms with E-state index >= 15 is 0 Å². The lowest BCUT2D eigenvalue weighted by Crippen LogP contribution is -2.50. The molecule has 1 aliphatic heterocycles. The molecular weight excluding hydrogens is 262 g/mol. The van der Waals surface area contributed by atoms with E-state index in [9.17, 15) is 14.4 Å². The molecule has 0 atom stereocenters. The molecule has 0 aliphatic carbocycles. The highest BCUT2D eigenvalue weighted by Gasteiger charge is 2.30. The Balaban J connectivity index is 2.41. The van der Waals surface area contributed by atoms with Gasteiger partial charge in [0.25, 0.3) is 0 Å². The highest BCUT2D eigenvalue weighted by Crippen LogP contribution is 2.18. The molecule has 0 radical (unpaired) electrons. The Morgan fingerprint density at radius 1 is 1.25 bits per heavy atom. The summed E-state index contributed by atoms with van der Waals surface area (Å²) in [4.78, 5) is 36.0. The van der Waals surface area contributed by atoms with Crippen molar-refractivity contribution in [1.29, 1.82) is 0 Å². The van der Waals surface area contributed by atoms with E-state index in [1.54, 1.807) is 25.8 Å². The third kappa shape index (κ3) is 4.11. The van der Waals surface area contributed by atoms with E-state index < -0.39 is 11.4 Å². The first kappa shape index (κ1) is 16.3. The van der Waals surface area contributed by atoms with Gasteiger partial charge >= 0.3 is 12.0 Å². The zero-order valence-corrected chi connectivity index (χ0v) is 12.2. The maximum absolute atomic E-state index is 12.0. The molecule has 3 N–H and O–H groups in total. The number of nitrogens with one attached hydrogen (secondary N) is 2. The Kier molecular flexibility index (Phi) is 5.35.